The molecule has 0 unspecified atom stereocenters. The van der Waals surface area contributed by atoms with Crippen LogP contribution < -0.4 is 0 Å². The average molecular weight is 270 g/mol. The van der Waals surface area contributed by atoms with E-state index in [-0.39, 0.29) is 0 Å². The van der Waals surface area contributed by atoms with Crippen molar-refractivity contribution in [3.05, 3.63) is 42.2 Å². The van der Waals surface area contributed by atoms with E-state index in [0.29, 0.717) is 12.0 Å². The molecule has 1 heterocycles. The first-order valence-electron chi connectivity index (χ1n) is 7.88. The van der Waals surface area contributed by atoms with Crippen molar-refractivity contribution in [2.24, 2.45) is 0 Å². The molecule has 1 aliphatic rings. The zero-order valence-corrected chi connectivity index (χ0v) is 13.1. The minimum atomic E-state index is 0.576. The van der Waals surface area contributed by atoms with Gasteiger partial charge in [0, 0.05) is 11.8 Å². The molecule has 2 nitrogen and oxygen atoms in total. The Balaban J connectivity index is 0.000000704. The minimum Gasteiger partial charge on any atom is -0.269 e. The Morgan fingerprint density at radius 1 is 1.15 bits per heavy atom. The van der Waals surface area contributed by atoms with Crippen LogP contribution in [0, 0.1) is 0 Å². The lowest BCUT2D eigenvalue weighted by Crippen LogP contribution is -2.16. The van der Waals surface area contributed by atoms with Gasteiger partial charge in [0.1, 0.15) is 0 Å². The zero-order chi connectivity index (χ0) is 14.5. The Labute approximate surface area is 122 Å². The Kier molecular flexibility index (Phi) is 4.99. The number of aromatic nitrogens is 2. The van der Waals surface area contributed by atoms with Gasteiger partial charge in [-0.15, -0.1) is 0 Å². The lowest BCUT2D eigenvalue weighted by molar-refractivity contribution is 0.289. The number of hydrogen-bond donors (Lipinski definition) is 0. The molecule has 1 saturated carbocycles. The molecule has 0 amide bonds. The zero-order valence-electron chi connectivity index (χ0n) is 13.1. The molecule has 2 aromatic rings. The summed E-state index contributed by atoms with van der Waals surface area (Å²) in [5.74, 6) is 0.576. The molecule has 2 heteroatoms. The third-order valence-corrected chi connectivity index (χ3v) is 3.94. The van der Waals surface area contributed by atoms with Crippen molar-refractivity contribution in [1.29, 1.82) is 0 Å². The molecule has 1 aromatic carbocycles. The number of nitrogens with zero attached hydrogens (tertiary/aromatic N) is 2. The molecular formula is C18H26N2. The second-order valence-electron chi connectivity index (χ2n) is 5.57. The lowest BCUT2D eigenvalue weighted by Gasteiger charge is -2.25. The van der Waals surface area contributed by atoms with Gasteiger partial charge in [0.05, 0.1) is 12.2 Å². The van der Waals surface area contributed by atoms with E-state index in [9.17, 15) is 0 Å². The Bertz CT molecular complexity index is 536. The van der Waals surface area contributed by atoms with Crippen molar-refractivity contribution in [3.8, 4) is 11.1 Å². The van der Waals surface area contributed by atoms with Crippen LogP contribution in [-0.2, 0) is 0 Å². The van der Waals surface area contributed by atoms with Crippen LogP contribution >= 0.6 is 0 Å². The molecule has 0 bridgehead atoms. The monoisotopic (exact) mass is 270 g/mol. The quantitative estimate of drug-likeness (QED) is 0.727. The maximum absolute atomic E-state index is 4.51. The summed E-state index contributed by atoms with van der Waals surface area (Å²) < 4.78 is 2.14. The summed E-state index contributed by atoms with van der Waals surface area (Å²) in [6, 6.07) is 9.45. The summed E-state index contributed by atoms with van der Waals surface area (Å²) in [7, 11) is 0. The molecule has 1 aromatic heterocycles. The molecule has 0 saturated heterocycles. The van der Waals surface area contributed by atoms with Crippen LogP contribution in [0.4, 0.5) is 0 Å². The fraction of sp³-hybridized carbons (Fsp3) is 0.500. The first kappa shape index (κ1) is 14.8. The molecule has 1 fully saturated rings. The van der Waals surface area contributed by atoms with Gasteiger partial charge in [0.15, 0.2) is 0 Å². The first-order valence-corrected chi connectivity index (χ1v) is 7.88. The van der Waals surface area contributed by atoms with Gasteiger partial charge in [-0.1, -0.05) is 52.0 Å². The van der Waals surface area contributed by atoms with Gasteiger partial charge in [-0.2, -0.15) is 5.10 Å². The van der Waals surface area contributed by atoms with Gasteiger partial charge in [0.2, 0.25) is 0 Å². The summed E-state index contributed by atoms with van der Waals surface area (Å²) in [4.78, 5) is 0. The SMILES string of the molecule is CC.CC(C)c1cccc(-c2cnn(C3CCC3)c2)c1. The highest BCUT2D eigenvalue weighted by Crippen LogP contribution is 2.32. The summed E-state index contributed by atoms with van der Waals surface area (Å²) in [5.41, 5.74) is 3.92. The third-order valence-electron chi connectivity index (χ3n) is 3.94. The van der Waals surface area contributed by atoms with Crippen molar-refractivity contribution in [3.63, 3.8) is 0 Å². The second kappa shape index (κ2) is 6.74. The molecule has 1 aliphatic carbocycles. The van der Waals surface area contributed by atoms with Gasteiger partial charge in [0.25, 0.3) is 0 Å². The van der Waals surface area contributed by atoms with Gasteiger partial charge in [-0.25, -0.2) is 0 Å². The Morgan fingerprint density at radius 2 is 1.90 bits per heavy atom. The van der Waals surface area contributed by atoms with Crippen molar-refractivity contribution in [2.75, 3.05) is 0 Å². The molecule has 3 rings (SSSR count). The topological polar surface area (TPSA) is 17.8 Å². The van der Waals surface area contributed by atoms with Crippen LogP contribution in [0.15, 0.2) is 36.7 Å². The van der Waals surface area contributed by atoms with Gasteiger partial charge >= 0.3 is 0 Å². The van der Waals surface area contributed by atoms with Crippen LogP contribution in [0.3, 0.4) is 0 Å². The minimum absolute atomic E-state index is 0.576. The first-order chi connectivity index (χ1) is 9.74. The summed E-state index contributed by atoms with van der Waals surface area (Å²) in [6.07, 6.45) is 8.12. The van der Waals surface area contributed by atoms with E-state index >= 15 is 0 Å². The molecule has 20 heavy (non-hydrogen) atoms. The second-order valence-corrected chi connectivity index (χ2v) is 5.57. The highest BCUT2D eigenvalue weighted by molar-refractivity contribution is 5.62. The predicted octanol–water partition coefficient (Wildman–Crippen LogP) is 5.42. The van der Waals surface area contributed by atoms with Crippen LogP contribution in [-0.4, -0.2) is 9.78 Å². The predicted molar refractivity (Wildman–Crippen MR) is 86.0 cm³/mol. The van der Waals surface area contributed by atoms with E-state index in [0.717, 1.165) is 0 Å². The van der Waals surface area contributed by atoms with E-state index in [2.05, 4.69) is 54.1 Å². The summed E-state index contributed by atoms with van der Waals surface area (Å²) >= 11 is 0. The maximum atomic E-state index is 4.51. The number of hydrogen-bond acceptors (Lipinski definition) is 1. The maximum Gasteiger partial charge on any atom is 0.0568 e. The van der Waals surface area contributed by atoms with E-state index in [4.69, 9.17) is 0 Å². The smallest absolute Gasteiger partial charge is 0.0568 e. The molecule has 0 atom stereocenters. The summed E-state index contributed by atoms with van der Waals surface area (Å²) in [6.45, 7) is 8.47. The van der Waals surface area contributed by atoms with E-state index in [1.54, 1.807) is 0 Å². The van der Waals surface area contributed by atoms with E-state index in [1.807, 2.05) is 20.0 Å². The van der Waals surface area contributed by atoms with Crippen LogP contribution in [0.5, 0.6) is 0 Å². The van der Waals surface area contributed by atoms with Crippen molar-refractivity contribution in [1.82, 2.24) is 9.78 Å². The fourth-order valence-corrected chi connectivity index (χ4v) is 2.42. The Morgan fingerprint density at radius 3 is 2.50 bits per heavy atom. The fourth-order valence-electron chi connectivity index (χ4n) is 2.42. The standard InChI is InChI=1S/C16H20N2.C2H6/c1-12(2)13-5-3-6-14(9-13)15-10-17-18(11-15)16-7-4-8-16;1-2/h3,5-6,9-12,16H,4,7-8H2,1-2H3;1-2H3. The highest BCUT2D eigenvalue weighted by Gasteiger charge is 2.20. The van der Waals surface area contributed by atoms with E-state index in [1.165, 1.54) is 36.0 Å². The number of benzene rings is 1. The van der Waals surface area contributed by atoms with Crippen molar-refractivity contribution < 1.29 is 0 Å². The number of rotatable bonds is 3. The van der Waals surface area contributed by atoms with Crippen LogP contribution in [0.25, 0.3) is 11.1 Å². The largest absolute Gasteiger partial charge is 0.269 e. The van der Waals surface area contributed by atoms with Crippen LogP contribution in [0.2, 0.25) is 0 Å². The lowest BCUT2D eigenvalue weighted by atomic mass is 9.93. The third kappa shape index (κ3) is 3.12. The molecule has 0 aliphatic heterocycles. The molecule has 0 radical (unpaired) electrons. The molecule has 108 valence electrons. The summed E-state index contributed by atoms with van der Waals surface area (Å²) in [5, 5.41) is 4.51. The van der Waals surface area contributed by atoms with Crippen molar-refractivity contribution in [2.45, 2.75) is 58.9 Å². The van der Waals surface area contributed by atoms with E-state index < -0.39 is 0 Å². The molecular weight excluding hydrogens is 244 g/mol. The van der Waals surface area contributed by atoms with Gasteiger partial charge < -0.3 is 0 Å². The highest BCUT2D eigenvalue weighted by atomic mass is 15.3. The van der Waals surface area contributed by atoms with Gasteiger partial charge in [-0.05, 0) is 36.3 Å². The molecule has 0 N–H and O–H groups in total. The molecule has 0 spiro atoms. The Hall–Kier alpha value is -1.57. The normalized spacial score (nSPS) is 14.7. The van der Waals surface area contributed by atoms with Crippen molar-refractivity contribution >= 4 is 0 Å². The average Bonchev–Trinajstić information content (AvgIpc) is 2.88. The van der Waals surface area contributed by atoms with Crippen LogP contribution in [0.1, 0.15) is 64.5 Å². The van der Waals surface area contributed by atoms with Gasteiger partial charge in [-0.3, -0.25) is 4.68 Å².